The van der Waals surface area contributed by atoms with Gasteiger partial charge in [0.15, 0.2) is 0 Å². The molecule has 3 unspecified atom stereocenters. The molecule has 3 fully saturated rings. The third-order valence-electron chi connectivity index (χ3n) is 5.25. The van der Waals surface area contributed by atoms with Gasteiger partial charge in [-0.25, -0.2) is 0 Å². The standard InChI is InChI=1S/C15H29N3/c1-2-16-13-6-7-14(11-13)18-10-4-9-17-8-3-5-15(17)12-18/h13-16H,2-12H2,1H3. The van der Waals surface area contributed by atoms with Crippen molar-refractivity contribution in [1.29, 1.82) is 0 Å². The highest BCUT2D eigenvalue weighted by atomic mass is 15.3. The molecule has 104 valence electrons. The summed E-state index contributed by atoms with van der Waals surface area (Å²) in [6, 6.07) is 2.54. The Morgan fingerprint density at radius 2 is 1.78 bits per heavy atom. The van der Waals surface area contributed by atoms with Crippen LogP contribution in [0.2, 0.25) is 0 Å². The fraction of sp³-hybridized carbons (Fsp3) is 1.00. The SMILES string of the molecule is CCNC1CCC(N2CCCN3CCCC3C2)C1. The van der Waals surface area contributed by atoms with E-state index in [1.165, 1.54) is 64.7 Å². The van der Waals surface area contributed by atoms with Gasteiger partial charge < -0.3 is 5.32 Å². The zero-order valence-electron chi connectivity index (χ0n) is 11.9. The predicted molar refractivity (Wildman–Crippen MR) is 75.9 cm³/mol. The van der Waals surface area contributed by atoms with E-state index in [4.69, 9.17) is 0 Å². The van der Waals surface area contributed by atoms with Crippen molar-refractivity contribution in [1.82, 2.24) is 15.1 Å². The molecule has 1 aliphatic carbocycles. The smallest absolute Gasteiger partial charge is 0.0223 e. The molecule has 0 bridgehead atoms. The molecule has 3 atom stereocenters. The maximum absolute atomic E-state index is 3.64. The van der Waals surface area contributed by atoms with Crippen molar-refractivity contribution in [2.24, 2.45) is 0 Å². The molecule has 0 radical (unpaired) electrons. The van der Waals surface area contributed by atoms with Gasteiger partial charge in [-0.1, -0.05) is 6.92 Å². The molecule has 1 N–H and O–H groups in total. The lowest BCUT2D eigenvalue weighted by Gasteiger charge is -2.30. The maximum Gasteiger partial charge on any atom is 0.0223 e. The van der Waals surface area contributed by atoms with E-state index in [-0.39, 0.29) is 0 Å². The Kier molecular flexibility index (Phi) is 4.22. The molecule has 3 nitrogen and oxygen atoms in total. The van der Waals surface area contributed by atoms with E-state index in [9.17, 15) is 0 Å². The van der Waals surface area contributed by atoms with E-state index < -0.39 is 0 Å². The predicted octanol–water partition coefficient (Wildman–Crippen LogP) is 1.69. The van der Waals surface area contributed by atoms with Gasteiger partial charge in [0.2, 0.25) is 0 Å². The highest BCUT2D eigenvalue weighted by Crippen LogP contribution is 2.28. The minimum atomic E-state index is 0.794. The summed E-state index contributed by atoms with van der Waals surface area (Å²) in [4.78, 5) is 5.57. The maximum atomic E-state index is 3.64. The van der Waals surface area contributed by atoms with Crippen LogP contribution in [0.3, 0.4) is 0 Å². The van der Waals surface area contributed by atoms with Crippen LogP contribution in [-0.2, 0) is 0 Å². The van der Waals surface area contributed by atoms with Gasteiger partial charge in [0.1, 0.15) is 0 Å². The second-order valence-electron chi connectivity index (χ2n) is 6.40. The lowest BCUT2D eigenvalue weighted by atomic mass is 10.1. The molecular weight excluding hydrogens is 222 g/mol. The molecule has 2 heterocycles. The van der Waals surface area contributed by atoms with Gasteiger partial charge in [0.25, 0.3) is 0 Å². The molecule has 2 saturated heterocycles. The summed E-state index contributed by atoms with van der Waals surface area (Å²) >= 11 is 0. The Hall–Kier alpha value is -0.120. The number of hydrogen-bond donors (Lipinski definition) is 1. The molecule has 18 heavy (non-hydrogen) atoms. The van der Waals surface area contributed by atoms with Crippen molar-refractivity contribution in [3.8, 4) is 0 Å². The third kappa shape index (κ3) is 2.73. The lowest BCUT2D eigenvalue weighted by Crippen LogP contribution is -2.41. The van der Waals surface area contributed by atoms with Gasteiger partial charge in [0, 0.05) is 24.7 Å². The highest BCUT2D eigenvalue weighted by Gasteiger charge is 2.34. The van der Waals surface area contributed by atoms with Crippen molar-refractivity contribution in [3.05, 3.63) is 0 Å². The molecule has 3 aliphatic rings. The number of rotatable bonds is 3. The van der Waals surface area contributed by atoms with E-state index in [0.29, 0.717) is 0 Å². The summed E-state index contributed by atoms with van der Waals surface area (Å²) < 4.78 is 0. The van der Waals surface area contributed by atoms with Crippen LogP contribution in [0.25, 0.3) is 0 Å². The monoisotopic (exact) mass is 251 g/mol. The van der Waals surface area contributed by atoms with Crippen LogP contribution < -0.4 is 5.32 Å². The summed E-state index contributed by atoms with van der Waals surface area (Å²) in [6.07, 6.45) is 8.47. The molecule has 0 aromatic heterocycles. The topological polar surface area (TPSA) is 18.5 Å². The second-order valence-corrected chi connectivity index (χ2v) is 6.40. The van der Waals surface area contributed by atoms with Crippen LogP contribution >= 0.6 is 0 Å². The molecule has 0 aromatic rings. The zero-order valence-corrected chi connectivity index (χ0v) is 11.9. The van der Waals surface area contributed by atoms with Crippen LogP contribution in [-0.4, -0.2) is 60.6 Å². The molecule has 2 aliphatic heterocycles. The Bertz CT molecular complexity index is 268. The first kappa shape index (κ1) is 12.9. The zero-order chi connectivity index (χ0) is 12.4. The van der Waals surface area contributed by atoms with Gasteiger partial charge >= 0.3 is 0 Å². The Labute approximate surface area is 112 Å². The van der Waals surface area contributed by atoms with Crippen molar-refractivity contribution < 1.29 is 0 Å². The number of nitrogens with zero attached hydrogens (tertiary/aromatic N) is 2. The van der Waals surface area contributed by atoms with Gasteiger partial charge in [0.05, 0.1) is 0 Å². The Morgan fingerprint density at radius 1 is 0.944 bits per heavy atom. The minimum absolute atomic E-state index is 0.794. The quantitative estimate of drug-likeness (QED) is 0.823. The summed E-state index contributed by atoms with van der Waals surface area (Å²) in [6.45, 7) is 8.77. The van der Waals surface area contributed by atoms with Crippen LogP contribution in [0.15, 0.2) is 0 Å². The highest BCUT2D eigenvalue weighted by molar-refractivity contribution is 4.91. The lowest BCUT2D eigenvalue weighted by molar-refractivity contribution is 0.172. The van der Waals surface area contributed by atoms with E-state index in [1.54, 1.807) is 0 Å². The molecule has 3 heteroatoms. The average Bonchev–Trinajstić information content (AvgIpc) is 2.95. The van der Waals surface area contributed by atoms with Crippen LogP contribution in [0, 0.1) is 0 Å². The fourth-order valence-electron chi connectivity index (χ4n) is 4.33. The number of fused-ring (bicyclic) bond motifs is 1. The average molecular weight is 251 g/mol. The van der Waals surface area contributed by atoms with Crippen molar-refractivity contribution >= 4 is 0 Å². The van der Waals surface area contributed by atoms with Crippen molar-refractivity contribution in [2.75, 3.05) is 32.7 Å². The number of nitrogens with one attached hydrogen (secondary N) is 1. The molecule has 0 amide bonds. The van der Waals surface area contributed by atoms with Crippen LogP contribution in [0.5, 0.6) is 0 Å². The number of hydrogen-bond acceptors (Lipinski definition) is 3. The normalized spacial score (nSPS) is 38.8. The van der Waals surface area contributed by atoms with E-state index in [1.807, 2.05) is 0 Å². The largest absolute Gasteiger partial charge is 0.314 e. The van der Waals surface area contributed by atoms with Gasteiger partial charge in [-0.15, -0.1) is 0 Å². The van der Waals surface area contributed by atoms with Gasteiger partial charge in [-0.3, -0.25) is 9.80 Å². The van der Waals surface area contributed by atoms with E-state index in [2.05, 4.69) is 22.0 Å². The second kappa shape index (κ2) is 5.89. The Balaban J connectivity index is 1.55. The van der Waals surface area contributed by atoms with E-state index in [0.717, 1.165) is 24.7 Å². The first-order valence-corrected chi connectivity index (χ1v) is 8.08. The summed E-state index contributed by atoms with van der Waals surface area (Å²) in [5.74, 6) is 0. The molecule has 3 rings (SSSR count). The summed E-state index contributed by atoms with van der Waals surface area (Å²) in [7, 11) is 0. The molecular formula is C15H29N3. The first-order chi connectivity index (χ1) is 8.86. The Morgan fingerprint density at radius 3 is 2.67 bits per heavy atom. The minimum Gasteiger partial charge on any atom is -0.314 e. The van der Waals surface area contributed by atoms with Crippen LogP contribution in [0.1, 0.15) is 45.4 Å². The van der Waals surface area contributed by atoms with Crippen LogP contribution in [0.4, 0.5) is 0 Å². The summed E-state index contributed by atoms with van der Waals surface area (Å²) in [5, 5.41) is 3.64. The first-order valence-electron chi connectivity index (χ1n) is 8.08. The molecule has 0 aromatic carbocycles. The van der Waals surface area contributed by atoms with Gasteiger partial charge in [-0.2, -0.15) is 0 Å². The van der Waals surface area contributed by atoms with E-state index >= 15 is 0 Å². The molecule has 1 saturated carbocycles. The molecule has 0 spiro atoms. The fourth-order valence-corrected chi connectivity index (χ4v) is 4.33. The summed E-state index contributed by atoms with van der Waals surface area (Å²) in [5.41, 5.74) is 0. The van der Waals surface area contributed by atoms with Gasteiger partial charge in [-0.05, 0) is 64.7 Å². The van der Waals surface area contributed by atoms with Crippen molar-refractivity contribution in [2.45, 2.75) is 63.6 Å². The van der Waals surface area contributed by atoms with Crippen molar-refractivity contribution in [3.63, 3.8) is 0 Å². The third-order valence-corrected chi connectivity index (χ3v) is 5.25.